The summed E-state index contributed by atoms with van der Waals surface area (Å²) in [4.78, 5) is 49.9. The Morgan fingerprint density at radius 2 is 1.93 bits per heavy atom. The van der Waals surface area contributed by atoms with E-state index in [1.165, 1.54) is 16.2 Å². The third-order valence-corrected chi connectivity index (χ3v) is 8.62. The number of anilines is 2. The molecule has 5 rings (SSSR count). The van der Waals surface area contributed by atoms with Crippen molar-refractivity contribution in [3.8, 4) is 22.4 Å². The number of aromatic nitrogens is 2. The van der Waals surface area contributed by atoms with Gasteiger partial charge in [0.05, 0.1) is 12.1 Å². The van der Waals surface area contributed by atoms with Crippen LogP contribution < -0.4 is 9.80 Å². The third kappa shape index (κ3) is 6.39. The first-order chi connectivity index (χ1) is 19.4. The molecule has 0 spiro atoms. The summed E-state index contributed by atoms with van der Waals surface area (Å²) in [5.74, 6) is -0.756. The molecule has 210 valence electrons. The molecule has 10 heteroatoms. The first kappa shape index (κ1) is 27.9. The summed E-state index contributed by atoms with van der Waals surface area (Å²) in [5.41, 5.74) is 3.48. The molecule has 1 atom stereocenters. The lowest BCUT2D eigenvalue weighted by atomic mass is 9.86. The highest BCUT2D eigenvalue weighted by Crippen LogP contribution is 2.36. The average Bonchev–Trinajstić information content (AvgIpc) is 3.47. The minimum atomic E-state index is -0.975. The monoisotopic (exact) mass is 562 g/mol. The molecule has 40 heavy (non-hydrogen) atoms. The molecule has 2 amide bonds. The fourth-order valence-electron chi connectivity index (χ4n) is 5.49. The molecule has 0 aliphatic carbocycles. The molecule has 2 aromatic heterocycles. The smallest absolute Gasteiger partial charge is 0.304 e. The van der Waals surface area contributed by atoms with E-state index in [1.807, 2.05) is 41.8 Å². The minimum Gasteiger partial charge on any atom is -0.481 e. The van der Waals surface area contributed by atoms with Gasteiger partial charge < -0.3 is 9.84 Å². The van der Waals surface area contributed by atoms with Crippen molar-refractivity contribution in [3.63, 3.8) is 0 Å². The number of ether oxygens (including phenoxy) is 1. The fourth-order valence-corrected chi connectivity index (χ4v) is 6.28. The van der Waals surface area contributed by atoms with Crippen molar-refractivity contribution in [2.45, 2.75) is 44.9 Å². The highest BCUT2D eigenvalue weighted by molar-refractivity contribution is 7.14. The van der Waals surface area contributed by atoms with E-state index in [9.17, 15) is 19.5 Å². The van der Waals surface area contributed by atoms with Crippen LogP contribution in [0.2, 0.25) is 0 Å². The van der Waals surface area contributed by atoms with Gasteiger partial charge in [-0.05, 0) is 55.7 Å². The summed E-state index contributed by atoms with van der Waals surface area (Å²) in [6.45, 7) is 1.99. The Labute approximate surface area is 237 Å². The van der Waals surface area contributed by atoms with E-state index in [0.717, 1.165) is 48.1 Å². The maximum absolute atomic E-state index is 13.4. The number of amides is 2. The van der Waals surface area contributed by atoms with Gasteiger partial charge in [0.25, 0.3) is 0 Å². The number of benzene rings is 1. The number of aliphatic carboxylic acids is 1. The van der Waals surface area contributed by atoms with Crippen LogP contribution >= 0.6 is 11.3 Å². The van der Waals surface area contributed by atoms with Crippen LogP contribution in [-0.4, -0.2) is 59.7 Å². The molecular formula is C30H34N4O5S. The van der Waals surface area contributed by atoms with Gasteiger partial charge in [-0.1, -0.05) is 24.3 Å². The minimum absolute atomic E-state index is 0.110. The van der Waals surface area contributed by atoms with Crippen molar-refractivity contribution in [1.82, 2.24) is 9.97 Å². The van der Waals surface area contributed by atoms with Crippen LogP contribution in [0, 0.1) is 11.8 Å². The van der Waals surface area contributed by atoms with Crippen LogP contribution in [0.4, 0.5) is 10.9 Å². The average molecular weight is 563 g/mol. The molecule has 9 nitrogen and oxygen atoms in total. The normalized spacial score (nSPS) is 17.0. The second-order valence-electron chi connectivity index (χ2n) is 10.5. The lowest BCUT2D eigenvalue weighted by Gasteiger charge is -2.27. The van der Waals surface area contributed by atoms with Crippen LogP contribution in [0.5, 0.6) is 0 Å². The number of hydrogen-bond donors (Lipinski definition) is 1. The zero-order valence-corrected chi connectivity index (χ0v) is 23.4. The van der Waals surface area contributed by atoms with Crippen molar-refractivity contribution >= 4 is 40.1 Å². The van der Waals surface area contributed by atoms with Crippen LogP contribution in [0.1, 0.15) is 44.9 Å². The zero-order chi connectivity index (χ0) is 28.1. The standard InChI is InChI=1S/C30H34N4O5S/c1-33(29(38)22(17-28(36)37)16-20-11-14-39-15-12-20)30-32-25(19-40-30)24-7-3-2-6-23(24)21-9-10-26(31-18-21)34-13-5-4-8-27(34)35/h2-3,6-7,9-10,18-20,22H,4-5,8,11-17H2,1H3,(H,36,37)/t22-/m1/s1. The molecule has 2 aliphatic rings. The highest BCUT2D eigenvalue weighted by atomic mass is 32.1. The van der Waals surface area contributed by atoms with Gasteiger partial charge in [0, 0.05) is 61.8 Å². The van der Waals surface area contributed by atoms with Gasteiger partial charge in [0.2, 0.25) is 11.8 Å². The molecule has 4 heterocycles. The van der Waals surface area contributed by atoms with E-state index in [-0.39, 0.29) is 24.2 Å². The second kappa shape index (κ2) is 12.7. The van der Waals surface area contributed by atoms with E-state index in [2.05, 4.69) is 4.98 Å². The lowest BCUT2D eigenvalue weighted by molar-refractivity contribution is -0.141. The number of thiazole rings is 1. The lowest BCUT2D eigenvalue weighted by Crippen LogP contribution is -2.35. The van der Waals surface area contributed by atoms with Crippen molar-refractivity contribution in [1.29, 1.82) is 0 Å². The number of carboxylic acid groups (broad SMARTS) is 1. The van der Waals surface area contributed by atoms with E-state index >= 15 is 0 Å². The molecule has 1 aromatic carbocycles. The van der Waals surface area contributed by atoms with Crippen molar-refractivity contribution < 1.29 is 24.2 Å². The Kier molecular flexibility index (Phi) is 8.86. The molecule has 2 saturated heterocycles. The van der Waals surface area contributed by atoms with Crippen molar-refractivity contribution in [3.05, 3.63) is 48.0 Å². The van der Waals surface area contributed by atoms with Crippen LogP contribution in [-0.2, 0) is 19.1 Å². The number of piperidine rings is 1. The van der Waals surface area contributed by atoms with Crippen molar-refractivity contribution in [2.24, 2.45) is 11.8 Å². The van der Waals surface area contributed by atoms with Crippen LogP contribution in [0.3, 0.4) is 0 Å². The number of rotatable bonds is 9. The van der Waals surface area contributed by atoms with Crippen molar-refractivity contribution in [2.75, 3.05) is 36.6 Å². The number of nitrogens with zero attached hydrogens (tertiary/aromatic N) is 4. The number of hydrogen-bond acceptors (Lipinski definition) is 7. The first-order valence-electron chi connectivity index (χ1n) is 13.8. The Balaban J connectivity index is 1.34. The molecule has 0 bridgehead atoms. The number of carbonyl (C=O) groups is 3. The molecule has 2 aliphatic heterocycles. The number of pyridine rings is 1. The van der Waals surface area contributed by atoms with Crippen LogP contribution in [0.15, 0.2) is 48.0 Å². The topological polar surface area (TPSA) is 113 Å². The Hall–Kier alpha value is -3.63. The Morgan fingerprint density at radius 3 is 2.62 bits per heavy atom. The van der Waals surface area contributed by atoms with E-state index in [0.29, 0.717) is 43.5 Å². The predicted molar refractivity (Wildman–Crippen MR) is 154 cm³/mol. The quantitative estimate of drug-likeness (QED) is 0.379. The predicted octanol–water partition coefficient (Wildman–Crippen LogP) is 5.26. The van der Waals surface area contributed by atoms with E-state index in [1.54, 1.807) is 18.1 Å². The zero-order valence-electron chi connectivity index (χ0n) is 22.6. The third-order valence-electron chi connectivity index (χ3n) is 7.70. The van der Waals surface area contributed by atoms with Gasteiger partial charge in [-0.2, -0.15) is 0 Å². The Morgan fingerprint density at radius 1 is 1.15 bits per heavy atom. The molecule has 0 unspecified atom stereocenters. The molecule has 0 saturated carbocycles. The van der Waals surface area contributed by atoms with Gasteiger partial charge >= 0.3 is 5.97 Å². The van der Waals surface area contributed by atoms with E-state index in [4.69, 9.17) is 9.72 Å². The number of carboxylic acids is 1. The van der Waals surface area contributed by atoms with Crippen LogP contribution in [0.25, 0.3) is 22.4 Å². The van der Waals surface area contributed by atoms with Gasteiger partial charge in [-0.3, -0.25) is 24.2 Å². The molecule has 3 aromatic rings. The maximum atomic E-state index is 13.4. The molecule has 2 fully saturated rings. The summed E-state index contributed by atoms with van der Waals surface area (Å²) in [7, 11) is 1.67. The highest BCUT2D eigenvalue weighted by Gasteiger charge is 2.30. The SMILES string of the molecule is CN(C(=O)[C@@H](CC(=O)O)CC1CCOCC1)c1nc(-c2ccccc2-c2ccc(N3CCCCC3=O)nc2)cs1. The molecular weight excluding hydrogens is 528 g/mol. The van der Waals surface area contributed by atoms with E-state index < -0.39 is 11.9 Å². The van der Waals surface area contributed by atoms with Gasteiger partial charge in [0.1, 0.15) is 5.82 Å². The number of carbonyl (C=O) groups excluding carboxylic acids is 2. The summed E-state index contributed by atoms with van der Waals surface area (Å²) in [6.07, 6.45) is 6.26. The molecule has 0 radical (unpaired) electrons. The maximum Gasteiger partial charge on any atom is 0.304 e. The largest absolute Gasteiger partial charge is 0.481 e. The van der Waals surface area contributed by atoms with Gasteiger partial charge in [-0.25, -0.2) is 9.97 Å². The first-order valence-corrected chi connectivity index (χ1v) is 14.7. The Bertz CT molecular complexity index is 1350. The molecule has 1 N–H and O–H groups in total. The second-order valence-corrected chi connectivity index (χ2v) is 11.3. The fraction of sp³-hybridized carbons (Fsp3) is 0.433. The summed E-state index contributed by atoms with van der Waals surface area (Å²) in [5, 5.41) is 11.9. The van der Waals surface area contributed by atoms with Gasteiger partial charge in [-0.15, -0.1) is 11.3 Å². The van der Waals surface area contributed by atoms with Gasteiger partial charge in [0.15, 0.2) is 5.13 Å². The summed E-state index contributed by atoms with van der Waals surface area (Å²) >= 11 is 1.36. The summed E-state index contributed by atoms with van der Waals surface area (Å²) in [6, 6.07) is 11.7. The summed E-state index contributed by atoms with van der Waals surface area (Å²) < 4.78 is 5.42.